The quantitative estimate of drug-likeness (QED) is 0.508. The van der Waals surface area contributed by atoms with Crippen molar-refractivity contribution in [2.75, 3.05) is 6.61 Å². The SMILES string of the molecule is O=C(O)CCCCOc1ccc2cc3c(=O)[nH]c(=O)nc-3oc2c1Cl. The molecule has 3 rings (SSSR count). The van der Waals surface area contributed by atoms with Crippen LogP contribution in [0.25, 0.3) is 22.4 Å². The molecule has 0 fully saturated rings. The molecule has 1 aromatic carbocycles. The lowest BCUT2D eigenvalue weighted by Gasteiger charge is -2.11. The van der Waals surface area contributed by atoms with E-state index in [4.69, 9.17) is 25.9 Å². The second kappa shape index (κ2) is 6.94. The van der Waals surface area contributed by atoms with Crippen molar-refractivity contribution in [3.05, 3.63) is 44.1 Å². The zero-order chi connectivity index (χ0) is 18.0. The minimum absolute atomic E-state index is 0.0773. The van der Waals surface area contributed by atoms with Crippen LogP contribution in [0, 0.1) is 0 Å². The van der Waals surface area contributed by atoms with Crippen LogP contribution in [0.15, 0.2) is 32.2 Å². The topological polar surface area (TPSA) is 122 Å². The maximum atomic E-state index is 11.8. The van der Waals surface area contributed by atoms with Gasteiger partial charge in [-0.2, -0.15) is 4.98 Å². The largest absolute Gasteiger partial charge is 0.492 e. The van der Waals surface area contributed by atoms with Crippen molar-refractivity contribution in [1.82, 2.24) is 9.97 Å². The molecule has 2 N–H and O–H groups in total. The van der Waals surface area contributed by atoms with E-state index in [9.17, 15) is 14.4 Å². The second-order valence-electron chi connectivity index (χ2n) is 5.33. The van der Waals surface area contributed by atoms with E-state index in [1.165, 1.54) is 6.07 Å². The Morgan fingerprint density at radius 3 is 2.88 bits per heavy atom. The standard InChI is InChI=1S/C16H13ClN2O6/c17-12-10(24-6-2-1-3-11(20)21)5-4-8-7-9-14(22)18-16(23)19-15(9)25-13(8)12/h4-5,7H,1-3,6H2,(H,20,21)(H,18,22,23). The van der Waals surface area contributed by atoms with Crippen LogP contribution in [0.4, 0.5) is 0 Å². The first-order chi connectivity index (χ1) is 12.0. The Bertz CT molecular complexity index is 1030. The maximum Gasteiger partial charge on any atom is 0.351 e. The molecule has 0 amide bonds. The van der Waals surface area contributed by atoms with E-state index in [2.05, 4.69) is 9.97 Å². The number of H-pyrrole nitrogens is 1. The van der Waals surface area contributed by atoms with E-state index in [0.29, 0.717) is 30.6 Å². The fourth-order valence-corrected chi connectivity index (χ4v) is 2.61. The fraction of sp³-hybridized carbons (Fsp3) is 0.250. The predicted octanol–water partition coefficient (Wildman–Crippen LogP) is 2.27. The van der Waals surface area contributed by atoms with Gasteiger partial charge in [-0.1, -0.05) is 11.6 Å². The van der Waals surface area contributed by atoms with Crippen molar-refractivity contribution in [2.24, 2.45) is 0 Å². The molecule has 8 nitrogen and oxygen atoms in total. The lowest BCUT2D eigenvalue weighted by Crippen LogP contribution is -2.24. The van der Waals surface area contributed by atoms with E-state index in [1.807, 2.05) is 0 Å². The Labute approximate surface area is 145 Å². The van der Waals surface area contributed by atoms with Crippen molar-refractivity contribution < 1.29 is 19.1 Å². The number of unbranched alkanes of at least 4 members (excludes halogenated alkanes) is 1. The van der Waals surface area contributed by atoms with Gasteiger partial charge in [0.2, 0.25) is 5.89 Å². The van der Waals surface area contributed by atoms with Gasteiger partial charge in [0.25, 0.3) is 5.56 Å². The number of nitrogens with one attached hydrogen (secondary N) is 1. The molecule has 9 heteroatoms. The summed E-state index contributed by atoms with van der Waals surface area (Å²) in [6.45, 7) is 0.300. The summed E-state index contributed by atoms with van der Waals surface area (Å²) in [4.78, 5) is 39.3. The summed E-state index contributed by atoms with van der Waals surface area (Å²) < 4.78 is 11.1. The van der Waals surface area contributed by atoms with Crippen molar-refractivity contribution in [3.63, 3.8) is 0 Å². The van der Waals surface area contributed by atoms with E-state index < -0.39 is 17.2 Å². The van der Waals surface area contributed by atoms with Crippen molar-refractivity contribution >= 4 is 28.5 Å². The zero-order valence-corrected chi connectivity index (χ0v) is 13.6. The van der Waals surface area contributed by atoms with Crippen LogP contribution < -0.4 is 16.0 Å². The van der Waals surface area contributed by atoms with Gasteiger partial charge < -0.3 is 14.3 Å². The van der Waals surface area contributed by atoms with Crippen LogP contribution in [0.3, 0.4) is 0 Å². The minimum Gasteiger partial charge on any atom is -0.492 e. The summed E-state index contributed by atoms with van der Waals surface area (Å²) in [5.74, 6) is -0.601. The molecule has 2 heterocycles. The van der Waals surface area contributed by atoms with E-state index in [1.54, 1.807) is 12.1 Å². The van der Waals surface area contributed by atoms with Gasteiger partial charge in [-0.15, -0.1) is 0 Å². The van der Waals surface area contributed by atoms with Gasteiger partial charge >= 0.3 is 11.7 Å². The molecule has 0 saturated heterocycles. The summed E-state index contributed by atoms with van der Waals surface area (Å²) in [6, 6.07) is 4.83. The summed E-state index contributed by atoms with van der Waals surface area (Å²) in [5.41, 5.74) is -1.00. The molecule has 2 aliphatic rings. The monoisotopic (exact) mass is 364 g/mol. The number of benzene rings is 1. The van der Waals surface area contributed by atoms with E-state index in [-0.39, 0.29) is 28.5 Å². The molecule has 0 atom stereocenters. The zero-order valence-electron chi connectivity index (χ0n) is 12.9. The average molecular weight is 365 g/mol. The molecule has 0 radical (unpaired) electrons. The first-order valence-corrected chi connectivity index (χ1v) is 7.84. The molecule has 0 bridgehead atoms. The first kappa shape index (κ1) is 17.0. The number of hydrogen-bond acceptors (Lipinski definition) is 6. The lowest BCUT2D eigenvalue weighted by molar-refractivity contribution is -0.137. The van der Waals surface area contributed by atoms with Crippen LogP contribution >= 0.6 is 11.6 Å². The van der Waals surface area contributed by atoms with Gasteiger partial charge in [-0.3, -0.25) is 14.6 Å². The first-order valence-electron chi connectivity index (χ1n) is 7.46. The number of aliphatic carboxylic acids is 1. The smallest absolute Gasteiger partial charge is 0.351 e. The maximum absolute atomic E-state index is 11.8. The number of ether oxygens (including phenoxy) is 1. The Morgan fingerprint density at radius 1 is 1.32 bits per heavy atom. The number of aromatic nitrogens is 2. The third-order valence-electron chi connectivity index (χ3n) is 3.53. The second-order valence-corrected chi connectivity index (χ2v) is 5.71. The number of nitrogens with zero attached hydrogens (tertiary/aromatic N) is 1. The van der Waals surface area contributed by atoms with Crippen LogP contribution in [-0.2, 0) is 4.79 Å². The molecule has 130 valence electrons. The Morgan fingerprint density at radius 2 is 2.12 bits per heavy atom. The number of carboxylic acid groups (broad SMARTS) is 1. The molecule has 0 saturated carbocycles. The Hall–Kier alpha value is -2.87. The number of fused-ring (bicyclic) bond motifs is 2. The van der Waals surface area contributed by atoms with E-state index in [0.717, 1.165) is 0 Å². The van der Waals surface area contributed by atoms with Crippen molar-refractivity contribution in [2.45, 2.75) is 19.3 Å². The number of hydrogen-bond donors (Lipinski definition) is 2. The summed E-state index contributed by atoms with van der Waals surface area (Å²) >= 11 is 6.28. The number of halogens is 1. The van der Waals surface area contributed by atoms with Gasteiger partial charge in [0.05, 0.1) is 6.61 Å². The summed E-state index contributed by atoms with van der Waals surface area (Å²) in [5, 5.41) is 9.34. The van der Waals surface area contributed by atoms with Crippen LogP contribution in [0.1, 0.15) is 19.3 Å². The third kappa shape index (κ3) is 3.63. The molecule has 0 aliphatic carbocycles. The van der Waals surface area contributed by atoms with Gasteiger partial charge in [0.1, 0.15) is 16.3 Å². The predicted molar refractivity (Wildman–Crippen MR) is 89.5 cm³/mol. The highest BCUT2D eigenvalue weighted by Gasteiger charge is 2.17. The molecular weight excluding hydrogens is 352 g/mol. The average Bonchev–Trinajstić information content (AvgIpc) is 2.55. The number of carboxylic acids is 1. The molecular formula is C16H13ClN2O6. The minimum atomic E-state index is -0.852. The molecule has 0 unspecified atom stereocenters. The van der Waals surface area contributed by atoms with Gasteiger partial charge in [-0.25, -0.2) is 4.79 Å². The van der Waals surface area contributed by atoms with Crippen LogP contribution in [0.5, 0.6) is 5.75 Å². The fourth-order valence-electron chi connectivity index (χ4n) is 2.34. The molecule has 0 aromatic heterocycles. The number of rotatable bonds is 6. The molecule has 25 heavy (non-hydrogen) atoms. The van der Waals surface area contributed by atoms with E-state index >= 15 is 0 Å². The summed E-state index contributed by atoms with van der Waals surface area (Å²) in [6.07, 6.45) is 1.13. The van der Waals surface area contributed by atoms with Crippen molar-refractivity contribution in [1.29, 1.82) is 0 Å². The summed E-state index contributed by atoms with van der Waals surface area (Å²) in [7, 11) is 0. The third-order valence-corrected chi connectivity index (χ3v) is 3.89. The Kier molecular flexibility index (Phi) is 4.71. The van der Waals surface area contributed by atoms with Crippen molar-refractivity contribution in [3.8, 4) is 17.2 Å². The lowest BCUT2D eigenvalue weighted by atomic mass is 10.1. The number of aromatic amines is 1. The molecule has 2 aliphatic heterocycles. The highest BCUT2D eigenvalue weighted by atomic mass is 35.5. The van der Waals surface area contributed by atoms with Crippen LogP contribution in [-0.4, -0.2) is 27.7 Å². The van der Waals surface area contributed by atoms with Gasteiger partial charge in [-0.05, 0) is 31.0 Å². The van der Waals surface area contributed by atoms with Gasteiger partial charge in [0, 0.05) is 11.8 Å². The number of carbonyl (C=O) groups is 1. The highest BCUT2D eigenvalue weighted by Crippen LogP contribution is 2.35. The van der Waals surface area contributed by atoms with Crippen LogP contribution in [0.2, 0.25) is 5.02 Å². The molecule has 0 spiro atoms. The Balaban J connectivity index is 1.90. The van der Waals surface area contributed by atoms with Gasteiger partial charge in [0.15, 0.2) is 5.58 Å². The normalized spacial score (nSPS) is 11.1. The highest BCUT2D eigenvalue weighted by molar-refractivity contribution is 6.36. The molecule has 1 aromatic rings.